The van der Waals surface area contributed by atoms with Crippen LogP contribution in [-0.2, 0) is 23.3 Å². The third-order valence-electron chi connectivity index (χ3n) is 6.00. The molecule has 2 aromatic heterocycles. The number of benzene rings is 2. The van der Waals surface area contributed by atoms with E-state index in [9.17, 15) is 18.0 Å². The molecule has 0 bridgehead atoms. The molecule has 4 rings (SSSR count). The Labute approximate surface area is 244 Å². The Kier molecular flexibility index (Phi) is 9.60. The van der Waals surface area contributed by atoms with Gasteiger partial charge in [-0.1, -0.05) is 26.0 Å². The van der Waals surface area contributed by atoms with Crippen LogP contribution in [0.1, 0.15) is 52.9 Å². The van der Waals surface area contributed by atoms with Crippen molar-refractivity contribution < 1.29 is 32.5 Å². The highest BCUT2D eigenvalue weighted by Crippen LogP contribution is 2.38. The second kappa shape index (κ2) is 12.9. The van der Waals surface area contributed by atoms with Gasteiger partial charge in [0.25, 0.3) is 0 Å². The summed E-state index contributed by atoms with van der Waals surface area (Å²) in [6.07, 6.45) is -4.40. The van der Waals surface area contributed by atoms with Crippen molar-refractivity contribution in [1.29, 1.82) is 0 Å². The SMILES string of the molecule is Cc1cc(OCc2cc(-c3ccc(C(F)(F)F)cc3)sc2CSc2ccc(OCC(=O)O)c(C)c2)nc(C(C)C)n1. The number of halogens is 3. The van der Waals surface area contributed by atoms with Gasteiger partial charge in [-0.25, -0.2) is 9.78 Å². The lowest BCUT2D eigenvalue weighted by Gasteiger charge is -2.11. The predicted octanol–water partition coefficient (Wildman–Crippen LogP) is 8.30. The van der Waals surface area contributed by atoms with Crippen LogP contribution in [0.3, 0.4) is 0 Å². The largest absolute Gasteiger partial charge is 0.482 e. The molecule has 0 saturated carbocycles. The van der Waals surface area contributed by atoms with Crippen LogP contribution in [0.4, 0.5) is 13.2 Å². The van der Waals surface area contributed by atoms with Crippen LogP contribution < -0.4 is 9.47 Å². The summed E-state index contributed by atoms with van der Waals surface area (Å²) in [4.78, 5) is 22.6. The first-order chi connectivity index (χ1) is 19.4. The third-order valence-corrected chi connectivity index (χ3v) is 8.43. The average molecular weight is 603 g/mol. The number of alkyl halides is 3. The van der Waals surface area contributed by atoms with Gasteiger partial charge < -0.3 is 14.6 Å². The summed E-state index contributed by atoms with van der Waals surface area (Å²) in [7, 11) is 0. The second-order valence-corrected chi connectivity index (χ2v) is 11.9. The number of aromatic nitrogens is 2. The predicted molar refractivity (Wildman–Crippen MR) is 154 cm³/mol. The number of carboxylic acid groups (broad SMARTS) is 1. The summed E-state index contributed by atoms with van der Waals surface area (Å²) in [5.74, 6) is 1.36. The standard InChI is InChI=1S/C30H29F3N2O4S2/c1-17(2)29-34-19(4)12-27(35-29)39-14-21-13-25(20-5-7-22(8-6-20)30(31,32)33)41-26(21)16-40-23-9-10-24(18(3)11-23)38-15-28(36)37/h5-13,17H,14-16H2,1-4H3,(H,36,37). The first kappa shape index (κ1) is 30.4. The molecule has 0 aliphatic rings. The number of aliphatic carboxylic acids is 1. The first-order valence-electron chi connectivity index (χ1n) is 12.7. The van der Waals surface area contributed by atoms with E-state index in [1.807, 2.05) is 45.9 Å². The monoisotopic (exact) mass is 602 g/mol. The molecule has 2 aromatic carbocycles. The number of nitrogens with zero attached hydrogens (tertiary/aromatic N) is 2. The number of carboxylic acids is 1. The van der Waals surface area contributed by atoms with Gasteiger partial charge in [0.15, 0.2) is 6.61 Å². The van der Waals surface area contributed by atoms with E-state index in [1.165, 1.54) is 23.5 Å². The molecule has 2 heterocycles. The number of rotatable bonds is 11. The van der Waals surface area contributed by atoms with Crippen LogP contribution in [0.25, 0.3) is 10.4 Å². The third kappa shape index (κ3) is 8.23. The summed E-state index contributed by atoms with van der Waals surface area (Å²) < 4.78 is 50.7. The van der Waals surface area contributed by atoms with Gasteiger partial charge in [0, 0.05) is 43.6 Å². The molecular weight excluding hydrogens is 573 g/mol. The van der Waals surface area contributed by atoms with E-state index in [-0.39, 0.29) is 12.5 Å². The van der Waals surface area contributed by atoms with Crippen molar-refractivity contribution >= 4 is 29.1 Å². The van der Waals surface area contributed by atoms with Crippen molar-refractivity contribution in [2.45, 2.75) is 57.0 Å². The van der Waals surface area contributed by atoms with E-state index in [4.69, 9.17) is 14.6 Å². The quantitative estimate of drug-likeness (QED) is 0.173. The Morgan fingerprint density at radius 3 is 2.39 bits per heavy atom. The highest BCUT2D eigenvalue weighted by molar-refractivity contribution is 7.98. The van der Waals surface area contributed by atoms with Crippen molar-refractivity contribution in [2.75, 3.05) is 6.61 Å². The van der Waals surface area contributed by atoms with E-state index in [2.05, 4.69) is 9.97 Å². The van der Waals surface area contributed by atoms with Crippen LogP contribution >= 0.6 is 23.1 Å². The van der Waals surface area contributed by atoms with E-state index >= 15 is 0 Å². The normalized spacial score (nSPS) is 11.6. The lowest BCUT2D eigenvalue weighted by atomic mass is 10.1. The summed E-state index contributed by atoms with van der Waals surface area (Å²) in [6, 6.07) is 14.4. The molecule has 0 amide bonds. The fourth-order valence-electron chi connectivity index (χ4n) is 3.88. The molecule has 0 saturated heterocycles. The smallest absolute Gasteiger partial charge is 0.416 e. The van der Waals surface area contributed by atoms with Crippen molar-refractivity contribution in [3.8, 4) is 22.1 Å². The first-order valence-corrected chi connectivity index (χ1v) is 14.5. The van der Waals surface area contributed by atoms with Gasteiger partial charge >= 0.3 is 12.1 Å². The Hall–Kier alpha value is -3.57. The molecule has 11 heteroatoms. The molecule has 6 nitrogen and oxygen atoms in total. The van der Waals surface area contributed by atoms with Crippen LogP contribution in [0.2, 0.25) is 0 Å². The van der Waals surface area contributed by atoms with Gasteiger partial charge in [-0.3, -0.25) is 0 Å². The van der Waals surface area contributed by atoms with Gasteiger partial charge in [0.1, 0.15) is 18.2 Å². The molecule has 0 spiro atoms. The molecule has 0 fully saturated rings. The fraction of sp³-hybridized carbons (Fsp3) is 0.300. The minimum atomic E-state index is -4.40. The Morgan fingerprint density at radius 2 is 1.76 bits per heavy atom. The van der Waals surface area contributed by atoms with Gasteiger partial charge in [-0.2, -0.15) is 18.2 Å². The lowest BCUT2D eigenvalue weighted by Crippen LogP contribution is -2.09. The summed E-state index contributed by atoms with van der Waals surface area (Å²) >= 11 is 3.09. The topological polar surface area (TPSA) is 81.5 Å². The Bertz CT molecular complexity index is 1520. The van der Waals surface area contributed by atoms with Gasteiger partial charge in [-0.05, 0) is 61.4 Å². The lowest BCUT2D eigenvalue weighted by molar-refractivity contribution is -0.139. The molecule has 41 heavy (non-hydrogen) atoms. The summed E-state index contributed by atoms with van der Waals surface area (Å²) in [5, 5.41) is 8.86. The fourth-order valence-corrected chi connectivity index (χ4v) is 6.17. The van der Waals surface area contributed by atoms with Gasteiger partial charge in [-0.15, -0.1) is 23.1 Å². The zero-order chi connectivity index (χ0) is 29.7. The zero-order valence-corrected chi connectivity index (χ0v) is 24.5. The van der Waals surface area contributed by atoms with Crippen LogP contribution in [0.5, 0.6) is 11.6 Å². The van der Waals surface area contributed by atoms with E-state index in [0.29, 0.717) is 28.8 Å². The van der Waals surface area contributed by atoms with Crippen LogP contribution in [-0.4, -0.2) is 27.7 Å². The maximum Gasteiger partial charge on any atom is 0.416 e. The minimum Gasteiger partial charge on any atom is -0.482 e. The van der Waals surface area contributed by atoms with Gasteiger partial charge in [0.2, 0.25) is 5.88 Å². The molecule has 216 valence electrons. The Balaban J connectivity index is 1.57. The van der Waals surface area contributed by atoms with Crippen molar-refractivity contribution in [1.82, 2.24) is 9.97 Å². The highest BCUT2D eigenvalue weighted by atomic mass is 32.2. The molecule has 4 aromatic rings. The van der Waals surface area contributed by atoms with E-state index in [0.717, 1.165) is 43.6 Å². The number of thioether (sulfide) groups is 1. The van der Waals surface area contributed by atoms with Crippen LogP contribution in [0.15, 0.2) is 59.5 Å². The number of hydrogen-bond donors (Lipinski definition) is 1. The zero-order valence-electron chi connectivity index (χ0n) is 22.9. The highest BCUT2D eigenvalue weighted by Gasteiger charge is 2.30. The molecule has 0 unspecified atom stereocenters. The maximum atomic E-state index is 13.1. The van der Waals surface area contributed by atoms with Crippen molar-refractivity contribution in [3.05, 3.63) is 87.7 Å². The number of carbonyl (C=O) groups is 1. The van der Waals surface area contributed by atoms with Crippen molar-refractivity contribution in [2.24, 2.45) is 0 Å². The van der Waals surface area contributed by atoms with E-state index < -0.39 is 24.3 Å². The summed E-state index contributed by atoms with van der Waals surface area (Å²) in [6.45, 7) is 7.58. The molecule has 0 aliphatic heterocycles. The maximum absolute atomic E-state index is 13.1. The molecule has 1 N–H and O–H groups in total. The molecule has 0 aliphatic carbocycles. The minimum absolute atomic E-state index is 0.140. The Morgan fingerprint density at radius 1 is 1.02 bits per heavy atom. The summed E-state index contributed by atoms with van der Waals surface area (Å²) in [5.41, 5.74) is 2.53. The number of thiophene rings is 1. The number of ether oxygens (including phenoxy) is 2. The average Bonchev–Trinajstić information content (AvgIpc) is 3.32. The van der Waals surface area contributed by atoms with Crippen LogP contribution in [0, 0.1) is 13.8 Å². The molecule has 0 atom stereocenters. The number of hydrogen-bond acceptors (Lipinski definition) is 7. The molecular formula is C30H29F3N2O4S2. The molecule has 0 radical (unpaired) electrons. The second-order valence-electron chi connectivity index (χ2n) is 9.68. The van der Waals surface area contributed by atoms with Gasteiger partial charge in [0.05, 0.1) is 5.56 Å². The van der Waals surface area contributed by atoms with Crippen molar-refractivity contribution in [3.63, 3.8) is 0 Å². The van der Waals surface area contributed by atoms with E-state index in [1.54, 1.807) is 23.9 Å². The number of aryl methyl sites for hydroxylation is 2.